The number of sulfonamides is 1. The van der Waals surface area contributed by atoms with E-state index in [4.69, 9.17) is 0 Å². The van der Waals surface area contributed by atoms with Crippen LogP contribution < -0.4 is 0 Å². The molecule has 1 aromatic heterocycles. The van der Waals surface area contributed by atoms with Crippen molar-refractivity contribution in [2.45, 2.75) is 11.4 Å². The monoisotopic (exact) mass is 267 g/mol. The van der Waals surface area contributed by atoms with Gasteiger partial charge in [-0.15, -0.1) is 5.10 Å². The van der Waals surface area contributed by atoms with E-state index in [0.717, 1.165) is 0 Å². The zero-order chi connectivity index (χ0) is 13.2. The van der Waals surface area contributed by atoms with E-state index in [0.29, 0.717) is 5.82 Å². The van der Waals surface area contributed by atoms with E-state index in [-0.39, 0.29) is 11.4 Å². The standard InChI is InChI=1S/C10H13N5O2S/c1-14(8-10-11-12-13-15(10)2)18(16,17)9-6-4-3-5-7-9/h3-7H,8H2,1-2H3. The molecule has 0 unspecified atom stereocenters. The van der Waals surface area contributed by atoms with Crippen molar-refractivity contribution in [3.8, 4) is 0 Å². The maximum Gasteiger partial charge on any atom is 0.243 e. The van der Waals surface area contributed by atoms with E-state index in [1.54, 1.807) is 37.4 Å². The summed E-state index contributed by atoms with van der Waals surface area (Å²) in [5.74, 6) is 0.483. The van der Waals surface area contributed by atoms with Gasteiger partial charge < -0.3 is 0 Å². The highest BCUT2D eigenvalue weighted by molar-refractivity contribution is 7.89. The van der Waals surface area contributed by atoms with Crippen molar-refractivity contribution in [3.05, 3.63) is 36.2 Å². The second-order valence-electron chi connectivity index (χ2n) is 3.79. The van der Waals surface area contributed by atoms with Crippen LogP contribution in [0.2, 0.25) is 0 Å². The Balaban J connectivity index is 2.24. The van der Waals surface area contributed by atoms with Crippen LogP contribution in [0.25, 0.3) is 0 Å². The van der Waals surface area contributed by atoms with Gasteiger partial charge in [0.05, 0.1) is 11.4 Å². The zero-order valence-corrected chi connectivity index (χ0v) is 10.9. The first-order chi connectivity index (χ1) is 8.51. The van der Waals surface area contributed by atoms with Gasteiger partial charge in [0.2, 0.25) is 10.0 Å². The van der Waals surface area contributed by atoms with Crippen molar-refractivity contribution in [1.82, 2.24) is 24.5 Å². The van der Waals surface area contributed by atoms with Gasteiger partial charge in [0, 0.05) is 14.1 Å². The van der Waals surface area contributed by atoms with Gasteiger partial charge in [-0.2, -0.15) is 4.31 Å². The van der Waals surface area contributed by atoms with Gasteiger partial charge in [0.25, 0.3) is 0 Å². The van der Waals surface area contributed by atoms with Crippen molar-refractivity contribution in [1.29, 1.82) is 0 Å². The van der Waals surface area contributed by atoms with E-state index < -0.39 is 10.0 Å². The minimum atomic E-state index is -3.51. The Hall–Kier alpha value is -1.80. The van der Waals surface area contributed by atoms with Crippen LogP contribution in [-0.4, -0.2) is 40.0 Å². The third-order valence-electron chi connectivity index (χ3n) is 2.52. The topological polar surface area (TPSA) is 81.0 Å². The first kappa shape index (κ1) is 12.7. The number of benzene rings is 1. The highest BCUT2D eigenvalue weighted by atomic mass is 32.2. The SMILES string of the molecule is CN(Cc1nnnn1C)S(=O)(=O)c1ccccc1. The van der Waals surface area contributed by atoms with Crippen LogP contribution in [0.5, 0.6) is 0 Å². The van der Waals surface area contributed by atoms with E-state index >= 15 is 0 Å². The third-order valence-corrected chi connectivity index (χ3v) is 4.34. The van der Waals surface area contributed by atoms with Gasteiger partial charge in [-0.1, -0.05) is 18.2 Å². The number of aromatic nitrogens is 4. The number of nitrogens with zero attached hydrogens (tertiary/aromatic N) is 5. The lowest BCUT2D eigenvalue weighted by molar-refractivity contribution is 0.447. The van der Waals surface area contributed by atoms with Gasteiger partial charge in [-0.05, 0) is 22.6 Å². The molecular formula is C10H13N5O2S. The molecule has 7 nitrogen and oxygen atoms in total. The summed E-state index contributed by atoms with van der Waals surface area (Å²) in [6, 6.07) is 8.25. The number of aryl methyl sites for hydroxylation is 1. The Morgan fingerprint density at radius 1 is 1.28 bits per heavy atom. The molecule has 0 amide bonds. The summed E-state index contributed by atoms with van der Waals surface area (Å²) in [5, 5.41) is 10.9. The first-order valence-electron chi connectivity index (χ1n) is 5.24. The molecule has 1 aromatic carbocycles. The molecule has 0 atom stereocenters. The second kappa shape index (κ2) is 4.83. The second-order valence-corrected chi connectivity index (χ2v) is 5.84. The fourth-order valence-electron chi connectivity index (χ4n) is 1.44. The highest BCUT2D eigenvalue weighted by Gasteiger charge is 2.22. The Morgan fingerprint density at radius 2 is 1.94 bits per heavy atom. The highest BCUT2D eigenvalue weighted by Crippen LogP contribution is 2.14. The molecule has 18 heavy (non-hydrogen) atoms. The molecule has 0 bridgehead atoms. The molecule has 0 spiro atoms. The molecule has 2 aromatic rings. The molecule has 8 heteroatoms. The summed E-state index contributed by atoms with van der Waals surface area (Å²) in [4.78, 5) is 0.252. The van der Waals surface area contributed by atoms with Crippen LogP contribution in [0, 0.1) is 0 Å². The maximum absolute atomic E-state index is 12.2. The van der Waals surface area contributed by atoms with E-state index in [1.807, 2.05) is 0 Å². The minimum Gasteiger partial charge on any atom is -0.231 e. The summed E-state index contributed by atoms with van der Waals surface area (Å²) < 4.78 is 27.1. The Kier molecular flexibility index (Phi) is 3.39. The maximum atomic E-state index is 12.2. The van der Waals surface area contributed by atoms with Gasteiger partial charge in [0.15, 0.2) is 5.82 Å². The number of tetrazole rings is 1. The van der Waals surface area contributed by atoms with Crippen LogP contribution in [-0.2, 0) is 23.6 Å². The molecule has 96 valence electrons. The first-order valence-corrected chi connectivity index (χ1v) is 6.68. The van der Waals surface area contributed by atoms with Gasteiger partial charge in [-0.3, -0.25) is 0 Å². The van der Waals surface area contributed by atoms with Crippen molar-refractivity contribution in [2.24, 2.45) is 7.05 Å². The fraction of sp³-hybridized carbons (Fsp3) is 0.300. The molecule has 1 heterocycles. The van der Waals surface area contributed by atoms with Crippen LogP contribution >= 0.6 is 0 Å². The lowest BCUT2D eigenvalue weighted by Crippen LogP contribution is -2.27. The number of hydrogen-bond donors (Lipinski definition) is 0. The number of rotatable bonds is 4. The summed E-state index contributed by atoms with van der Waals surface area (Å²) in [6.07, 6.45) is 0. The van der Waals surface area contributed by atoms with E-state index in [2.05, 4.69) is 15.5 Å². The predicted molar refractivity (Wildman–Crippen MR) is 63.9 cm³/mol. The zero-order valence-electron chi connectivity index (χ0n) is 10.1. The van der Waals surface area contributed by atoms with E-state index in [1.165, 1.54) is 16.0 Å². The van der Waals surface area contributed by atoms with Crippen molar-refractivity contribution < 1.29 is 8.42 Å². The molecule has 0 aliphatic rings. The average molecular weight is 267 g/mol. The molecular weight excluding hydrogens is 254 g/mol. The summed E-state index contributed by atoms with van der Waals surface area (Å²) >= 11 is 0. The van der Waals surface area contributed by atoms with Gasteiger partial charge in [-0.25, -0.2) is 13.1 Å². The van der Waals surface area contributed by atoms with E-state index in [9.17, 15) is 8.42 Å². The van der Waals surface area contributed by atoms with Crippen LogP contribution in [0.4, 0.5) is 0 Å². The van der Waals surface area contributed by atoms with Crippen LogP contribution in [0.15, 0.2) is 35.2 Å². The normalized spacial score (nSPS) is 11.9. The Morgan fingerprint density at radius 3 is 2.50 bits per heavy atom. The van der Waals surface area contributed by atoms with Crippen LogP contribution in [0.3, 0.4) is 0 Å². The largest absolute Gasteiger partial charge is 0.243 e. The van der Waals surface area contributed by atoms with Crippen LogP contribution in [0.1, 0.15) is 5.82 Å². The van der Waals surface area contributed by atoms with Crippen molar-refractivity contribution in [3.63, 3.8) is 0 Å². The number of hydrogen-bond acceptors (Lipinski definition) is 5. The summed E-state index contributed by atoms with van der Waals surface area (Å²) in [5.41, 5.74) is 0. The molecule has 0 fully saturated rings. The lowest BCUT2D eigenvalue weighted by atomic mass is 10.4. The quantitative estimate of drug-likeness (QED) is 0.780. The fourth-order valence-corrected chi connectivity index (χ4v) is 2.58. The molecule has 2 rings (SSSR count). The molecule has 0 radical (unpaired) electrons. The molecule has 0 saturated heterocycles. The summed E-state index contributed by atoms with van der Waals surface area (Å²) in [7, 11) is -0.345. The Bertz CT molecular complexity index is 623. The molecule has 0 saturated carbocycles. The molecule has 0 aliphatic carbocycles. The van der Waals surface area contributed by atoms with Crippen molar-refractivity contribution >= 4 is 10.0 Å². The minimum absolute atomic E-state index is 0.126. The molecule has 0 aliphatic heterocycles. The average Bonchev–Trinajstić information content (AvgIpc) is 2.76. The Labute approximate surface area is 105 Å². The van der Waals surface area contributed by atoms with Gasteiger partial charge >= 0.3 is 0 Å². The summed E-state index contributed by atoms with van der Waals surface area (Å²) in [6.45, 7) is 0.126. The lowest BCUT2D eigenvalue weighted by Gasteiger charge is -2.15. The predicted octanol–water partition coefficient (Wildman–Crippen LogP) is 0.0308. The molecule has 0 N–H and O–H groups in total. The third kappa shape index (κ3) is 2.39. The van der Waals surface area contributed by atoms with Crippen molar-refractivity contribution in [2.75, 3.05) is 7.05 Å². The van der Waals surface area contributed by atoms with Gasteiger partial charge in [0.1, 0.15) is 0 Å². The smallest absolute Gasteiger partial charge is 0.231 e.